The first-order valence-electron chi connectivity index (χ1n) is 6.45. The highest BCUT2D eigenvalue weighted by atomic mass is 19.4. The maximum Gasteiger partial charge on any atom is 0.436 e. The van der Waals surface area contributed by atoms with Crippen molar-refractivity contribution in [3.8, 4) is 0 Å². The molecule has 124 valence electrons. The summed E-state index contributed by atoms with van der Waals surface area (Å²) < 4.78 is 44.2. The molecule has 0 amide bonds. The van der Waals surface area contributed by atoms with E-state index in [9.17, 15) is 27.9 Å². The molecule has 1 rings (SSSR count). The highest BCUT2D eigenvalue weighted by Gasteiger charge is 2.42. The number of esters is 1. The van der Waals surface area contributed by atoms with Crippen molar-refractivity contribution in [1.29, 1.82) is 0 Å². The summed E-state index contributed by atoms with van der Waals surface area (Å²) in [5, 5.41) is 12.5. The van der Waals surface area contributed by atoms with Crippen LogP contribution < -0.4 is 0 Å². The Morgan fingerprint density at radius 3 is 2.27 bits per heavy atom. The Bertz CT molecular complexity index is 573. The van der Waals surface area contributed by atoms with Gasteiger partial charge in [0, 0.05) is 6.20 Å². The number of alkyl halides is 3. The summed E-state index contributed by atoms with van der Waals surface area (Å²) in [5.74, 6) is -2.54. The summed E-state index contributed by atoms with van der Waals surface area (Å²) in [6, 6.07) is -1.36. The van der Waals surface area contributed by atoms with Crippen LogP contribution in [-0.2, 0) is 15.7 Å². The molecular formula is C13H17F3N2O4. The molecule has 9 heteroatoms. The molecule has 1 unspecified atom stereocenters. The second-order valence-corrected chi connectivity index (χ2v) is 5.70. The standard InChI is InChI=1S/C13H17F3N2O4/c1-5-22-11(21)7-6-18(17-8(7)13(14,15)16)9(10(19)20)12(2,3)4/h6,9H,5H2,1-4H3,(H,19,20). The van der Waals surface area contributed by atoms with E-state index < -0.39 is 40.8 Å². The summed E-state index contributed by atoms with van der Waals surface area (Å²) in [5.41, 5.74) is -3.17. The number of rotatable bonds is 4. The lowest BCUT2D eigenvalue weighted by atomic mass is 9.87. The third-order valence-corrected chi connectivity index (χ3v) is 2.81. The zero-order valence-corrected chi connectivity index (χ0v) is 12.6. The van der Waals surface area contributed by atoms with Crippen molar-refractivity contribution in [1.82, 2.24) is 9.78 Å². The topological polar surface area (TPSA) is 81.4 Å². The Morgan fingerprint density at radius 2 is 1.91 bits per heavy atom. The maximum atomic E-state index is 13.0. The van der Waals surface area contributed by atoms with Crippen LogP contribution in [0.25, 0.3) is 0 Å². The van der Waals surface area contributed by atoms with Gasteiger partial charge >= 0.3 is 18.1 Å². The van der Waals surface area contributed by atoms with Crippen LogP contribution in [0, 0.1) is 5.41 Å². The number of aromatic nitrogens is 2. The molecule has 22 heavy (non-hydrogen) atoms. The summed E-state index contributed by atoms with van der Waals surface area (Å²) in [6.45, 7) is 5.98. The van der Waals surface area contributed by atoms with E-state index in [1.807, 2.05) is 0 Å². The Hall–Kier alpha value is -2.06. The van der Waals surface area contributed by atoms with Gasteiger partial charge < -0.3 is 9.84 Å². The summed E-state index contributed by atoms with van der Waals surface area (Å²) in [4.78, 5) is 23.0. The minimum Gasteiger partial charge on any atom is -0.480 e. The van der Waals surface area contributed by atoms with Gasteiger partial charge in [-0.3, -0.25) is 4.68 Å². The van der Waals surface area contributed by atoms with Gasteiger partial charge in [0.1, 0.15) is 5.56 Å². The van der Waals surface area contributed by atoms with Crippen LogP contribution in [0.15, 0.2) is 6.20 Å². The molecule has 0 aliphatic carbocycles. The lowest BCUT2D eigenvalue weighted by Crippen LogP contribution is -2.32. The smallest absolute Gasteiger partial charge is 0.436 e. The Kier molecular flexibility index (Phi) is 4.89. The molecule has 1 heterocycles. The second-order valence-electron chi connectivity index (χ2n) is 5.70. The van der Waals surface area contributed by atoms with E-state index >= 15 is 0 Å². The van der Waals surface area contributed by atoms with E-state index in [2.05, 4.69) is 9.84 Å². The number of carbonyl (C=O) groups is 2. The predicted molar refractivity (Wildman–Crippen MR) is 69.3 cm³/mol. The number of aliphatic carboxylic acids is 1. The molecule has 0 aliphatic rings. The van der Waals surface area contributed by atoms with Gasteiger partial charge in [0.2, 0.25) is 0 Å². The van der Waals surface area contributed by atoms with Crippen molar-refractivity contribution in [3.05, 3.63) is 17.5 Å². The Morgan fingerprint density at radius 1 is 1.36 bits per heavy atom. The van der Waals surface area contributed by atoms with Crippen molar-refractivity contribution in [2.24, 2.45) is 5.41 Å². The highest BCUT2D eigenvalue weighted by molar-refractivity contribution is 5.90. The number of carboxylic acid groups (broad SMARTS) is 1. The minimum absolute atomic E-state index is 0.108. The zero-order chi connectivity index (χ0) is 17.3. The van der Waals surface area contributed by atoms with Gasteiger partial charge in [-0.1, -0.05) is 20.8 Å². The van der Waals surface area contributed by atoms with Crippen LogP contribution in [0.1, 0.15) is 49.8 Å². The van der Waals surface area contributed by atoms with E-state index in [1.165, 1.54) is 6.92 Å². The molecular weight excluding hydrogens is 305 g/mol. The number of nitrogens with zero attached hydrogens (tertiary/aromatic N) is 2. The van der Waals surface area contributed by atoms with E-state index in [4.69, 9.17) is 0 Å². The Labute approximate surface area is 124 Å². The van der Waals surface area contributed by atoms with Crippen LogP contribution in [0.3, 0.4) is 0 Å². The van der Waals surface area contributed by atoms with Gasteiger partial charge in [-0.25, -0.2) is 9.59 Å². The fourth-order valence-corrected chi connectivity index (χ4v) is 1.97. The molecule has 0 aliphatic heterocycles. The molecule has 1 atom stereocenters. The SMILES string of the molecule is CCOC(=O)c1cn(C(C(=O)O)C(C)(C)C)nc1C(F)(F)F. The molecule has 1 N–H and O–H groups in total. The maximum absolute atomic E-state index is 13.0. The second kappa shape index (κ2) is 5.98. The van der Waals surface area contributed by atoms with Crippen LogP contribution in [0.4, 0.5) is 13.2 Å². The van der Waals surface area contributed by atoms with E-state index in [0.717, 1.165) is 6.20 Å². The molecule has 0 radical (unpaired) electrons. The van der Waals surface area contributed by atoms with Crippen molar-refractivity contribution in [2.45, 2.75) is 39.9 Å². The van der Waals surface area contributed by atoms with Crippen LogP contribution in [0.2, 0.25) is 0 Å². The quantitative estimate of drug-likeness (QED) is 0.862. The van der Waals surface area contributed by atoms with E-state index in [1.54, 1.807) is 20.8 Å². The number of hydrogen-bond donors (Lipinski definition) is 1. The van der Waals surface area contributed by atoms with Gasteiger partial charge in [0.15, 0.2) is 11.7 Å². The largest absolute Gasteiger partial charge is 0.480 e. The molecule has 0 aromatic carbocycles. The lowest BCUT2D eigenvalue weighted by Gasteiger charge is -2.27. The first-order chi connectivity index (χ1) is 9.89. The number of halogens is 3. The summed E-state index contributed by atoms with van der Waals surface area (Å²) in [7, 11) is 0. The molecule has 6 nitrogen and oxygen atoms in total. The van der Waals surface area contributed by atoms with E-state index in [0.29, 0.717) is 4.68 Å². The lowest BCUT2D eigenvalue weighted by molar-refractivity contribution is -0.147. The fraction of sp³-hybridized carbons (Fsp3) is 0.615. The van der Waals surface area contributed by atoms with Crippen molar-refractivity contribution >= 4 is 11.9 Å². The van der Waals surface area contributed by atoms with Crippen molar-refractivity contribution in [3.63, 3.8) is 0 Å². The monoisotopic (exact) mass is 322 g/mol. The summed E-state index contributed by atoms with van der Waals surface area (Å²) >= 11 is 0. The number of ether oxygens (including phenoxy) is 1. The highest BCUT2D eigenvalue weighted by Crippen LogP contribution is 2.35. The number of hydrogen-bond acceptors (Lipinski definition) is 4. The molecule has 0 saturated carbocycles. The van der Waals surface area contributed by atoms with Crippen LogP contribution >= 0.6 is 0 Å². The van der Waals surface area contributed by atoms with Gasteiger partial charge in [-0.15, -0.1) is 0 Å². The minimum atomic E-state index is -4.89. The van der Waals surface area contributed by atoms with Gasteiger partial charge in [0.05, 0.1) is 6.61 Å². The number of carboxylic acids is 1. The normalized spacial score (nSPS) is 13.8. The van der Waals surface area contributed by atoms with E-state index in [-0.39, 0.29) is 6.61 Å². The Balaban J connectivity index is 3.46. The average molecular weight is 322 g/mol. The number of carbonyl (C=O) groups excluding carboxylic acids is 1. The fourth-order valence-electron chi connectivity index (χ4n) is 1.97. The van der Waals surface area contributed by atoms with Gasteiger partial charge in [0.25, 0.3) is 0 Å². The average Bonchev–Trinajstić information content (AvgIpc) is 2.71. The zero-order valence-electron chi connectivity index (χ0n) is 12.6. The predicted octanol–water partition coefficient (Wildman–Crippen LogP) is 2.75. The molecule has 0 fully saturated rings. The van der Waals surface area contributed by atoms with Gasteiger partial charge in [-0.05, 0) is 12.3 Å². The molecule has 0 saturated heterocycles. The molecule has 0 spiro atoms. The molecule has 1 aromatic heterocycles. The molecule has 1 aromatic rings. The summed E-state index contributed by atoms with van der Waals surface area (Å²) in [6.07, 6.45) is -4.13. The van der Waals surface area contributed by atoms with Crippen LogP contribution in [0.5, 0.6) is 0 Å². The first kappa shape index (κ1) is 18.0. The van der Waals surface area contributed by atoms with Crippen molar-refractivity contribution in [2.75, 3.05) is 6.61 Å². The third kappa shape index (κ3) is 3.77. The van der Waals surface area contributed by atoms with Crippen molar-refractivity contribution < 1.29 is 32.6 Å². The first-order valence-corrected chi connectivity index (χ1v) is 6.45. The van der Waals surface area contributed by atoms with Gasteiger partial charge in [-0.2, -0.15) is 18.3 Å². The molecule has 0 bridgehead atoms. The van der Waals surface area contributed by atoms with Crippen LogP contribution in [-0.4, -0.2) is 33.4 Å². The third-order valence-electron chi connectivity index (χ3n) is 2.81.